The molecule has 0 aromatic rings. The van der Waals surface area contributed by atoms with E-state index in [1.807, 2.05) is 0 Å². The molecule has 0 spiro atoms. The van der Waals surface area contributed by atoms with Gasteiger partial charge in [0, 0.05) is 26.4 Å². The van der Waals surface area contributed by atoms with Gasteiger partial charge < -0.3 is 29.4 Å². The molecule has 1 rings (SSSR count). The van der Waals surface area contributed by atoms with Gasteiger partial charge >= 0.3 is 0 Å². The van der Waals surface area contributed by atoms with Crippen LogP contribution >= 0.6 is 6.49 Å². The van der Waals surface area contributed by atoms with Gasteiger partial charge in [0.2, 0.25) is 0 Å². The second-order valence-corrected chi connectivity index (χ2v) is 8.29. The highest BCUT2D eigenvalue weighted by atomic mass is 32.5. The molecule has 0 aromatic heterocycles. The Morgan fingerprint density at radius 3 is 2.68 bits per heavy atom. The molecule has 1 heterocycles. The Bertz CT molecular complexity index is 318. The third kappa shape index (κ3) is 5.77. The lowest BCUT2D eigenvalue weighted by Crippen LogP contribution is -2.38. The molecule has 19 heavy (non-hydrogen) atoms. The number of nitrogens with two attached hydrogens (primary N) is 1. The SMILES string of the molecule is [B][C@@H]1O[C@H](COC)C(OP(C)(O)=S)[C@@H]1OCCCN. The maximum Gasteiger partial charge on any atom is 0.183 e. The van der Waals surface area contributed by atoms with Gasteiger partial charge in [0.05, 0.1) is 6.61 Å². The molecule has 1 fully saturated rings. The van der Waals surface area contributed by atoms with E-state index in [0.717, 1.165) is 0 Å². The molecule has 0 bridgehead atoms. The fourth-order valence-corrected chi connectivity index (χ4v) is 2.91. The van der Waals surface area contributed by atoms with Crippen LogP contribution in [0.25, 0.3) is 0 Å². The molecule has 6 nitrogen and oxygen atoms in total. The molecule has 9 heteroatoms. The Hall–Kier alpha value is 0.475. The Morgan fingerprint density at radius 2 is 2.16 bits per heavy atom. The van der Waals surface area contributed by atoms with Crippen molar-refractivity contribution in [1.82, 2.24) is 0 Å². The third-order valence-corrected chi connectivity index (χ3v) is 3.55. The Kier molecular flexibility index (Phi) is 7.42. The van der Waals surface area contributed by atoms with Gasteiger partial charge in [-0.25, -0.2) is 0 Å². The molecular formula is C10H21BNO5PS. The Balaban J connectivity index is 2.70. The van der Waals surface area contributed by atoms with Gasteiger partial charge in [-0.1, -0.05) is 0 Å². The first-order valence-electron chi connectivity index (χ1n) is 6.09. The summed E-state index contributed by atoms with van der Waals surface area (Å²) in [7, 11) is 7.42. The van der Waals surface area contributed by atoms with Crippen LogP contribution in [0.3, 0.4) is 0 Å². The van der Waals surface area contributed by atoms with Crippen molar-refractivity contribution < 1.29 is 23.6 Å². The van der Waals surface area contributed by atoms with Gasteiger partial charge in [-0.3, -0.25) is 0 Å². The van der Waals surface area contributed by atoms with E-state index in [1.165, 1.54) is 6.66 Å². The van der Waals surface area contributed by atoms with Crippen LogP contribution in [0.2, 0.25) is 0 Å². The molecule has 0 aliphatic carbocycles. The highest BCUT2D eigenvalue weighted by Gasteiger charge is 2.45. The minimum absolute atomic E-state index is 0.296. The molecule has 0 saturated carbocycles. The quantitative estimate of drug-likeness (QED) is 0.358. The standard InChI is InChI=1S/C10H21BNO5PS/c1-14-6-7-8(17-18(2,13)19)9(10(11)16-7)15-5-3-4-12/h7-10H,3-6,12H2,1-2H3,(H,13,19)/t7-,8?,9+,10-,18?/m1/s1. The van der Waals surface area contributed by atoms with Crippen LogP contribution in [0.15, 0.2) is 0 Å². The van der Waals surface area contributed by atoms with E-state index < -0.39 is 30.8 Å². The zero-order chi connectivity index (χ0) is 14.5. The van der Waals surface area contributed by atoms with Crippen LogP contribution in [0.5, 0.6) is 0 Å². The van der Waals surface area contributed by atoms with Gasteiger partial charge in [-0.15, -0.1) is 0 Å². The maximum absolute atomic E-state index is 9.73. The van der Waals surface area contributed by atoms with Gasteiger partial charge in [0.1, 0.15) is 26.2 Å². The highest BCUT2D eigenvalue weighted by Crippen LogP contribution is 2.43. The van der Waals surface area contributed by atoms with Crippen molar-refractivity contribution >= 4 is 26.1 Å². The minimum atomic E-state index is -2.84. The van der Waals surface area contributed by atoms with Crippen molar-refractivity contribution in [3.05, 3.63) is 0 Å². The van der Waals surface area contributed by atoms with Crippen LogP contribution in [0.4, 0.5) is 0 Å². The van der Waals surface area contributed by atoms with Crippen LogP contribution in [-0.2, 0) is 30.5 Å². The zero-order valence-corrected chi connectivity index (χ0v) is 12.9. The first kappa shape index (κ1) is 17.5. The lowest BCUT2D eigenvalue weighted by atomic mass is 9.93. The summed E-state index contributed by atoms with van der Waals surface area (Å²) in [5.74, 6) is 0. The van der Waals surface area contributed by atoms with E-state index in [0.29, 0.717) is 26.2 Å². The molecule has 110 valence electrons. The van der Waals surface area contributed by atoms with E-state index in [1.54, 1.807) is 7.11 Å². The fraction of sp³-hybridized carbons (Fsp3) is 1.00. The molecule has 5 atom stereocenters. The molecule has 2 unspecified atom stereocenters. The minimum Gasteiger partial charge on any atom is -0.382 e. The zero-order valence-electron chi connectivity index (χ0n) is 11.2. The predicted octanol–water partition coefficient (Wildman–Crippen LogP) is -0.423. The monoisotopic (exact) mass is 309 g/mol. The van der Waals surface area contributed by atoms with Gasteiger partial charge in [0.15, 0.2) is 6.49 Å². The van der Waals surface area contributed by atoms with Gasteiger partial charge in [0.25, 0.3) is 0 Å². The topological polar surface area (TPSA) is 83.2 Å². The second-order valence-electron chi connectivity index (χ2n) is 4.45. The van der Waals surface area contributed by atoms with Crippen molar-refractivity contribution in [3.8, 4) is 0 Å². The normalized spacial score (nSPS) is 34.3. The van der Waals surface area contributed by atoms with Crippen LogP contribution in [-0.4, -0.2) is 70.6 Å². The second kappa shape index (κ2) is 8.05. The van der Waals surface area contributed by atoms with Crippen molar-refractivity contribution in [2.45, 2.75) is 30.7 Å². The van der Waals surface area contributed by atoms with E-state index >= 15 is 0 Å². The average Bonchev–Trinajstić information content (AvgIpc) is 2.56. The summed E-state index contributed by atoms with van der Waals surface area (Å²) in [6.45, 7) is -0.0826. The van der Waals surface area contributed by atoms with Crippen LogP contribution in [0.1, 0.15) is 6.42 Å². The summed E-state index contributed by atoms with van der Waals surface area (Å²) in [4.78, 5) is 9.73. The molecule has 0 amide bonds. The predicted molar refractivity (Wildman–Crippen MR) is 77.0 cm³/mol. The number of hydrogen-bond donors (Lipinski definition) is 2. The number of ether oxygens (including phenoxy) is 3. The van der Waals surface area contributed by atoms with E-state index in [4.69, 9.17) is 44.1 Å². The Morgan fingerprint density at radius 1 is 1.47 bits per heavy atom. The molecule has 3 N–H and O–H groups in total. The number of methoxy groups -OCH3 is 1. The summed E-state index contributed by atoms with van der Waals surface area (Å²) < 4.78 is 21.7. The lowest BCUT2D eigenvalue weighted by molar-refractivity contribution is -0.0201. The van der Waals surface area contributed by atoms with Crippen molar-refractivity contribution in [3.63, 3.8) is 0 Å². The van der Waals surface area contributed by atoms with Crippen LogP contribution in [0, 0.1) is 0 Å². The van der Waals surface area contributed by atoms with E-state index in [-0.39, 0.29) is 0 Å². The molecule has 2 radical (unpaired) electrons. The average molecular weight is 309 g/mol. The van der Waals surface area contributed by atoms with Crippen molar-refractivity contribution in [2.24, 2.45) is 5.73 Å². The summed E-state index contributed by atoms with van der Waals surface area (Å²) in [5, 5.41) is 0. The molecule has 0 aromatic carbocycles. The van der Waals surface area contributed by atoms with Crippen molar-refractivity contribution in [2.75, 3.05) is 33.5 Å². The number of hydrogen-bond acceptors (Lipinski definition) is 6. The Labute approximate surface area is 120 Å². The first-order chi connectivity index (χ1) is 8.89. The fourth-order valence-electron chi connectivity index (χ4n) is 1.90. The van der Waals surface area contributed by atoms with Gasteiger partial charge in [-0.2, -0.15) is 0 Å². The maximum atomic E-state index is 9.73. The molecular weight excluding hydrogens is 288 g/mol. The highest BCUT2D eigenvalue weighted by molar-refractivity contribution is 8.09. The summed E-state index contributed by atoms with van der Waals surface area (Å²) >= 11 is 4.92. The van der Waals surface area contributed by atoms with E-state index in [2.05, 4.69) is 0 Å². The van der Waals surface area contributed by atoms with Gasteiger partial charge in [-0.05, 0) is 24.8 Å². The summed E-state index contributed by atoms with van der Waals surface area (Å²) in [6, 6.07) is -0.635. The summed E-state index contributed by atoms with van der Waals surface area (Å²) in [6.07, 6.45) is -0.711. The number of rotatable bonds is 8. The molecule has 1 saturated heterocycles. The first-order valence-corrected chi connectivity index (χ1v) is 9.21. The molecule has 1 aliphatic heterocycles. The largest absolute Gasteiger partial charge is 0.382 e. The lowest BCUT2D eigenvalue weighted by Gasteiger charge is -2.26. The van der Waals surface area contributed by atoms with E-state index in [9.17, 15) is 4.89 Å². The van der Waals surface area contributed by atoms with Crippen molar-refractivity contribution in [1.29, 1.82) is 0 Å². The summed E-state index contributed by atoms with van der Waals surface area (Å²) in [5.41, 5.74) is 5.41. The van der Waals surface area contributed by atoms with Crippen LogP contribution < -0.4 is 5.73 Å². The smallest absolute Gasteiger partial charge is 0.183 e. The third-order valence-electron chi connectivity index (χ3n) is 2.65. The molecule has 1 aliphatic rings.